The second-order valence-corrected chi connectivity index (χ2v) is 8.43. The van der Waals surface area contributed by atoms with E-state index in [9.17, 15) is 4.79 Å². The summed E-state index contributed by atoms with van der Waals surface area (Å²) in [5, 5.41) is 9.37. The number of aromatic nitrogens is 2. The van der Waals surface area contributed by atoms with E-state index in [-0.39, 0.29) is 11.6 Å². The zero-order valence-electron chi connectivity index (χ0n) is 23.4. The Morgan fingerprint density at radius 3 is 2.08 bits per heavy atom. The van der Waals surface area contributed by atoms with Crippen LogP contribution in [0, 0.1) is 0 Å². The van der Waals surface area contributed by atoms with Crippen molar-refractivity contribution in [1.82, 2.24) is 14.7 Å². The predicted molar refractivity (Wildman–Crippen MR) is 161 cm³/mol. The Hall–Kier alpha value is -4.16. The van der Waals surface area contributed by atoms with Crippen LogP contribution in [0.25, 0.3) is 10.8 Å². The van der Waals surface area contributed by atoms with Crippen molar-refractivity contribution in [1.29, 1.82) is 0 Å². The van der Waals surface area contributed by atoms with E-state index in [2.05, 4.69) is 34.0 Å². The standard InChI is InChI=1S/C25H26N4O2.C5H8.C2H6/c1-28(2)23(18-13-15-20(16-14-18)31-19-9-5-4-6-10-19)17-26-24-21-11-7-8-12-22(21)25(30)29(3)27-24;1-3-5-4-2;1-2/h4-16,23H,17H2,1-3H3,(H,26,27);3-5H,1H2,2H3;1-2H3/b;5-4+;. The fraction of sp³-hybridized carbons (Fsp3) is 0.250. The van der Waals surface area contributed by atoms with Crippen LogP contribution in [0.3, 0.4) is 0 Å². The van der Waals surface area contributed by atoms with Crippen molar-refractivity contribution < 1.29 is 4.74 Å². The summed E-state index contributed by atoms with van der Waals surface area (Å²) >= 11 is 0. The lowest BCUT2D eigenvalue weighted by atomic mass is 10.1. The van der Waals surface area contributed by atoms with Gasteiger partial charge in [0, 0.05) is 19.0 Å². The van der Waals surface area contributed by atoms with E-state index in [0.717, 1.165) is 22.4 Å². The molecule has 0 radical (unpaired) electrons. The van der Waals surface area contributed by atoms with Gasteiger partial charge in [0.1, 0.15) is 11.5 Å². The van der Waals surface area contributed by atoms with Gasteiger partial charge < -0.3 is 15.0 Å². The van der Waals surface area contributed by atoms with Gasteiger partial charge in [-0.05, 0) is 56.9 Å². The highest BCUT2D eigenvalue weighted by Gasteiger charge is 2.16. The zero-order chi connectivity index (χ0) is 27.9. The van der Waals surface area contributed by atoms with E-state index in [1.807, 2.05) is 114 Å². The van der Waals surface area contributed by atoms with Crippen LogP contribution in [0.4, 0.5) is 5.82 Å². The van der Waals surface area contributed by atoms with Gasteiger partial charge in [0.25, 0.3) is 5.56 Å². The van der Waals surface area contributed by atoms with Gasteiger partial charge in [-0.3, -0.25) is 4.79 Å². The first-order chi connectivity index (χ1) is 18.4. The lowest BCUT2D eigenvalue weighted by Crippen LogP contribution is -2.28. The van der Waals surface area contributed by atoms with Gasteiger partial charge in [-0.1, -0.05) is 87.2 Å². The number of likely N-dealkylation sites (N-methyl/N-ethyl adjacent to an activating group) is 1. The van der Waals surface area contributed by atoms with E-state index in [1.54, 1.807) is 13.1 Å². The summed E-state index contributed by atoms with van der Waals surface area (Å²) in [5.74, 6) is 2.31. The number of para-hydroxylation sites is 1. The molecule has 3 aromatic carbocycles. The maximum atomic E-state index is 12.4. The van der Waals surface area contributed by atoms with Crippen molar-refractivity contribution in [3.63, 3.8) is 0 Å². The molecule has 0 amide bonds. The van der Waals surface area contributed by atoms with Crippen LogP contribution in [0.1, 0.15) is 32.4 Å². The van der Waals surface area contributed by atoms with Crippen LogP contribution in [0.5, 0.6) is 11.5 Å². The molecule has 0 aliphatic rings. The number of allylic oxidation sites excluding steroid dienone is 3. The fourth-order valence-electron chi connectivity index (χ4n) is 3.74. The van der Waals surface area contributed by atoms with Crippen molar-refractivity contribution in [3.8, 4) is 11.5 Å². The number of benzene rings is 3. The number of hydrogen-bond donors (Lipinski definition) is 1. The molecule has 4 aromatic rings. The summed E-state index contributed by atoms with van der Waals surface area (Å²) in [6.07, 6.45) is 5.58. The Morgan fingerprint density at radius 2 is 1.53 bits per heavy atom. The molecule has 0 aliphatic heterocycles. The Kier molecular flexibility index (Phi) is 12.5. The SMILES string of the molecule is C=C/C=C/C.CC.CN(C)C(CNc1nn(C)c(=O)c2ccccc12)c1ccc(Oc2ccccc2)cc1. The van der Waals surface area contributed by atoms with Gasteiger partial charge in [-0.15, -0.1) is 0 Å². The molecule has 200 valence electrons. The number of nitrogens with one attached hydrogen (secondary N) is 1. The van der Waals surface area contributed by atoms with E-state index >= 15 is 0 Å². The van der Waals surface area contributed by atoms with E-state index in [0.29, 0.717) is 17.7 Å². The highest BCUT2D eigenvalue weighted by Crippen LogP contribution is 2.26. The summed E-state index contributed by atoms with van der Waals surface area (Å²) in [4.78, 5) is 14.5. The lowest BCUT2D eigenvalue weighted by Gasteiger charge is -2.26. The van der Waals surface area contributed by atoms with Gasteiger partial charge in [0.05, 0.1) is 11.4 Å². The molecule has 1 heterocycles. The minimum absolute atomic E-state index is 0.0979. The average molecular weight is 513 g/mol. The molecule has 4 rings (SSSR count). The quantitative estimate of drug-likeness (QED) is 0.253. The topological polar surface area (TPSA) is 59.4 Å². The van der Waals surface area contributed by atoms with E-state index in [1.165, 1.54) is 4.68 Å². The molecule has 6 heteroatoms. The van der Waals surface area contributed by atoms with Gasteiger partial charge in [-0.25, -0.2) is 4.68 Å². The maximum Gasteiger partial charge on any atom is 0.274 e. The normalized spacial score (nSPS) is 11.2. The number of anilines is 1. The predicted octanol–water partition coefficient (Wildman–Crippen LogP) is 7.22. The Bertz CT molecular complexity index is 1340. The van der Waals surface area contributed by atoms with Gasteiger partial charge >= 0.3 is 0 Å². The average Bonchev–Trinajstić information content (AvgIpc) is 2.94. The third kappa shape index (κ3) is 8.46. The molecule has 0 fully saturated rings. The number of nitrogens with zero attached hydrogens (tertiary/aromatic N) is 3. The molecule has 0 saturated carbocycles. The number of aryl methyl sites for hydroxylation is 1. The Labute approximate surface area is 226 Å². The van der Waals surface area contributed by atoms with Gasteiger partial charge in [0.2, 0.25) is 0 Å². The van der Waals surface area contributed by atoms with Crippen molar-refractivity contribution in [2.75, 3.05) is 26.0 Å². The first-order valence-electron chi connectivity index (χ1n) is 12.9. The molecule has 1 atom stereocenters. The molecule has 6 nitrogen and oxygen atoms in total. The Morgan fingerprint density at radius 1 is 0.947 bits per heavy atom. The van der Waals surface area contributed by atoms with Crippen LogP contribution in [0.15, 0.2) is 108 Å². The molecule has 1 unspecified atom stereocenters. The monoisotopic (exact) mass is 512 g/mol. The van der Waals surface area contributed by atoms with Crippen molar-refractivity contribution in [3.05, 3.63) is 120 Å². The molecular weight excluding hydrogens is 472 g/mol. The molecular formula is C32H40N4O2. The summed E-state index contributed by atoms with van der Waals surface area (Å²) in [5.41, 5.74) is 1.06. The van der Waals surface area contributed by atoms with Crippen LogP contribution < -0.4 is 15.6 Å². The van der Waals surface area contributed by atoms with Crippen LogP contribution in [0.2, 0.25) is 0 Å². The molecule has 0 bridgehead atoms. The van der Waals surface area contributed by atoms with Crippen molar-refractivity contribution >= 4 is 16.6 Å². The lowest BCUT2D eigenvalue weighted by molar-refractivity contribution is 0.311. The van der Waals surface area contributed by atoms with Crippen molar-refractivity contribution in [2.45, 2.75) is 26.8 Å². The van der Waals surface area contributed by atoms with E-state index < -0.39 is 0 Å². The minimum atomic E-state index is -0.0979. The van der Waals surface area contributed by atoms with Gasteiger partial charge in [-0.2, -0.15) is 5.10 Å². The minimum Gasteiger partial charge on any atom is -0.457 e. The number of hydrogen-bond acceptors (Lipinski definition) is 5. The van der Waals surface area contributed by atoms with Crippen LogP contribution >= 0.6 is 0 Å². The smallest absolute Gasteiger partial charge is 0.274 e. The molecule has 0 saturated heterocycles. The molecule has 1 N–H and O–H groups in total. The van der Waals surface area contributed by atoms with Crippen LogP contribution in [-0.2, 0) is 7.05 Å². The largest absolute Gasteiger partial charge is 0.457 e. The molecule has 38 heavy (non-hydrogen) atoms. The zero-order valence-corrected chi connectivity index (χ0v) is 23.4. The Balaban J connectivity index is 0.000000651. The second-order valence-electron chi connectivity index (χ2n) is 8.43. The fourth-order valence-corrected chi connectivity index (χ4v) is 3.74. The van der Waals surface area contributed by atoms with E-state index in [4.69, 9.17) is 4.74 Å². The highest BCUT2D eigenvalue weighted by molar-refractivity contribution is 5.90. The first kappa shape index (κ1) is 30.1. The maximum absolute atomic E-state index is 12.4. The number of ether oxygens (including phenoxy) is 1. The summed E-state index contributed by atoms with van der Waals surface area (Å²) < 4.78 is 7.28. The van der Waals surface area contributed by atoms with Crippen LogP contribution in [-0.4, -0.2) is 35.3 Å². The summed E-state index contributed by atoms with van der Waals surface area (Å²) in [7, 11) is 5.77. The number of fused-ring (bicyclic) bond motifs is 1. The molecule has 0 spiro atoms. The van der Waals surface area contributed by atoms with Gasteiger partial charge in [0.15, 0.2) is 5.82 Å². The molecule has 0 aliphatic carbocycles. The highest BCUT2D eigenvalue weighted by atomic mass is 16.5. The summed E-state index contributed by atoms with van der Waals surface area (Å²) in [6.45, 7) is 10.1. The first-order valence-corrected chi connectivity index (χ1v) is 12.9. The molecule has 1 aromatic heterocycles. The second kappa shape index (κ2) is 15.8. The third-order valence-corrected chi connectivity index (χ3v) is 5.62. The van der Waals surface area contributed by atoms with Crippen molar-refractivity contribution in [2.24, 2.45) is 7.05 Å². The summed E-state index contributed by atoms with van der Waals surface area (Å²) in [6, 6.07) is 25.5. The third-order valence-electron chi connectivity index (χ3n) is 5.62. The number of rotatable bonds is 8.